The van der Waals surface area contributed by atoms with Crippen LogP contribution < -0.4 is 5.32 Å². The molecule has 114 valence electrons. The first-order chi connectivity index (χ1) is 10.1. The Morgan fingerprint density at radius 3 is 2.48 bits per heavy atom. The summed E-state index contributed by atoms with van der Waals surface area (Å²) in [6, 6.07) is 7.97. The zero-order chi connectivity index (χ0) is 15.1. The minimum atomic E-state index is -0.363. The fourth-order valence-electron chi connectivity index (χ4n) is 2.59. The molecule has 0 unspecified atom stereocenters. The first-order valence-electron chi connectivity index (χ1n) is 7.64. The predicted molar refractivity (Wildman–Crippen MR) is 80.9 cm³/mol. The largest absolute Gasteiger partial charge is 0.455 e. The summed E-state index contributed by atoms with van der Waals surface area (Å²) < 4.78 is 5.03. The summed E-state index contributed by atoms with van der Waals surface area (Å²) in [5.41, 5.74) is 2.05. The first-order valence-corrected chi connectivity index (χ1v) is 7.64. The number of hydrogen-bond acceptors (Lipinski definition) is 3. The first kappa shape index (κ1) is 15.5. The van der Waals surface area contributed by atoms with Gasteiger partial charge in [-0.3, -0.25) is 9.59 Å². The zero-order valence-corrected chi connectivity index (χ0v) is 12.6. The molecule has 1 N–H and O–H groups in total. The average Bonchev–Trinajstić information content (AvgIpc) is 2.49. The lowest BCUT2D eigenvalue weighted by Gasteiger charge is -2.22. The SMILES string of the molecule is Cc1ccc(CC(=O)OCC(=O)NC2CCCCC2)cc1. The van der Waals surface area contributed by atoms with Gasteiger partial charge in [0.05, 0.1) is 6.42 Å². The van der Waals surface area contributed by atoms with Gasteiger partial charge in [-0.2, -0.15) is 0 Å². The van der Waals surface area contributed by atoms with Gasteiger partial charge >= 0.3 is 5.97 Å². The van der Waals surface area contributed by atoms with Crippen molar-refractivity contribution in [2.45, 2.75) is 51.5 Å². The van der Waals surface area contributed by atoms with E-state index in [1.54, 1.807) is 0 Å². The molecule has 1 amide bonds. The summed E-state index contributed by atoms with van der Waals surface area (Å²) in [6.45, 7) is 1.82. The summed E-state index contributed by atoms with van der Waals surface area (Å²) in [5, 5.41) is 2.93. The maximum Gasteiger partial charge on any atom is 0.310 e. The quantitative estimate of drug-likeness (QED) is 0.847. The standard InChI is InChI=1S/C17H23NO3/c1-13-7-9-14(10-8-13)11-17(20)21-12-16(19)18-15-5-3-2-4-6-15/h7-10,15H,2-6,11-12H2,1H3,(H,18,19). The molecule has 21 heavy (non-hydrogen) atoms. The molecule has 1 aromatic carbocycles. The highest BCUT2D eigenvalue weighted by molar-refractivity contribution is 5.81. The average molecular weight is 289 g/mol. The number of amides is 1. The third kappa shape index (κ3) is 5.58. The van der Waals surface area contributed by atoms with Crippen molar-refractivity contribution in [2.24, 2.45) is 0 Å². The van der Waals surface area contributed by atoms with Crippen molar-refractivity contribution in [1.29, 1.82) is 0 Å². The predicted octanol–water partition coefficient (Wildman–Crippen LogP) is 2.53. The van der Waals surface area contributed by atoms with E-state index < -0.39 is 0 Å². The van der Waals surface area contributed by atoms with Gasteiger partial charge in [-0.05, 0) is 25.3 Å². The van der Waals surface area contributed by atoms with E-state index in [-0.39, 0.29) is 30.9 Å². The highest BCUT2D eigenvalue weighted by Crippen LogP contribution is 2.17. The van der Waals surface area contributed by atoms with Crippen LogP contribution in [-0.2, 0) is 20.7 Å². The molecule has 0 aliphatic heterocycles. The van der Waals surface area contributed by atoms with Crippen LogP contribution in [0.25, 0.3) is 0 Å². The summed E-state index contributed by atoms with van der Waals surface area (Å²) in [7, 11) is 0. The highest BCUT2D eigenvalue weighted by Gasteiger charge is 2.16. The summed E-state index contributed by atoms with van der Waals surface area (Å²) in [4.78, 5) is 23.4. The summed E-state index contributed by atoms with van der Waals surface area (Å²) >= 11 is 0. The minimum absolute atomic E-state index is 0.179. The second kappa shape index (κ2) is 7.81. The van der Waals surface area contributed by atoms with E-state index in [2.05, 4.69) is 5.32 Å². The Hall–Kier alpha value is -1.84. The Morgan fingerprint density at radius 1 is 1.14 bits per heavy atom. The number of carbonyl (C=O) groups excluding carboxylic acids is 2. The van der Waals surface area contributed by atoms with Crippen molar-refractivity contribution in [2.75, 3.05) is 6.61 Å². The number of carbonyl (C=O) groups is 2. The van der Waals surface area contributed by atoms with E-state index in [0.717, 1.165) is 36.8 Å². The highest BCUT2D eigenvalue weighted by atomic mass is 16.5. The number of hydrogen-bond donors (Lipinski definition) is 1. The monoisotopic (exact) mass is 289 g/mol. The van der Waals surface area contributed by atoms with E-state index in [9.17, 15) is 9.59 Å². The van der Waals surface area contributed by atoms with E-state index in [1.807, 2.05) is 31.2 Å². The van der Waals surface area contributed by atoms with E-state index in [1.165, 1.54) is 6.42 Å². The fraction of sp³-hybridized carbons (Fsp3) is 0.529. The van der Waals surface area contributed by atoms with Gasteiger partial charge in [0, 0.05) is 6.04 Å². The Balaban J connectivity index is 1.68. The molecule has 0 saturated heterocycles. The molecule has 0 radical (unpaired) electrons. The van der Waals surface area contributed by atoms with Crippen LogP contribution in [0.3, 0.4) is 0 Å². The normalized spacial score (nSPS) is 15.5. The van der Waals surface area contributed by atoms with Crippen molar-refractivity contribution in [3.05, 3.63) is 35.4 Å². The van der Waals surface area contributed by atoms with Crippen LogP contribution in [-0.4, -0.2) is 24.5 Å². The lowest BCUT2D eigenvalue weighted by atomic mass is 9.95. The van der Waals surface area contributed by atoms with E-state index in [4.69, 9.17) is 4.74 Å². The van der Waals surface area contributed by atoms with E-state index >= 15 is 0 Å². The number of esters is 1. The number of ether oxygens (including phenoxy) is 1. The van der Waals surface area contributed by atoms with Crippen LogP contribution in [0.2, 0.25) is 0 Å². The van der Waals surface area contributed by atoms with Crippen LogP contribution in [0.4, 0.5) is 0 Å². The molecule has 1 aliphatic carbocycles. The Labute approximate surface area is 125 Å². The molecule has 1 aromatic rings. The molecular formula is C17H23NO3. The molecule has 2 rings (SSSR count). The second-order valence-electron chi connectivity index (χ2n) is 5.73. The molecule has 0 heterocycles. The molecule has 1 fully saturated rings. The van der Waals surface area contributed by atoms with Gasteiger partial charge in [0.25, 0.3) is 5.91 Å². The van der Waals surface area contributed by atoms with Gasteiger partial charge in [0.2, 0.25) is 0 Å². The molecule has 1 aliphatic rings. The number of nitrogens with one attached hydrogen (secondary N) is 1. The molecule has 0 atom stereocenters. The van der Waals surface area contributed by atoms with Gasteiger partial charge < -0.3 is 10.1 Å². The molecule has 4 nitrogen and oxygen atoms in total. The van der Waals surface area contributed by atoms with Crippen molar-refractivity contribution in [3.63, 3.8) is 0 Å². The van der Waals surface area contributed by atoms with Crippen molar-refractivity contribution in [1.82, 2.24) is 5.32 Å². The third-order valence-electron chi connectivity index (χ3n) is 3.80. The van der Waals surface area contributed by atoms with Crippen molar-refractivity contribution < 1.29 is 14.3 Å². The van der Waals surface area contributed by atoms with Crippen LogP contribution in [0.5, 0.6) is 0 Å². The maximum atomic E-state index is 11.7. The lowest BCUT2D eigenvalue weighted by molar-refractivity contribution is -0.148. The molecule has 0 aromatic heterocycles. The topological polar surface area (TPSA) is 55.4 Å². The van der Waals surface area contributed by atoms with Crippen LogP contribution >= 0.6 is 0 Å². The van der Waals surface area contributed by atoms with Crippen molar-refractivity contribution >= 4 is 11.9 Å². The molecule has 1 saturated carbocycles. The smallest absolute Gasteiger partial charge is 0.310 e. The third-order valence-corrected chi connectivity index (χ3v) is 3.80. The summed E-state index contributed by atoms with van der Waals surface area (Å²) in [5.74, 6) is -0.559. The molecule has 0 spiro atoms. The van der Waals surface area contributed by atoms with Crippen molar-refractivity contribution in [3.8, 4) is 0 Å². The lowest BCUT2D eigenvalue weighted by Crippen LogP contribution is -2.38. The van der Waals surface area contributed by atoms with Crippen LogP contribution in [0, 0.1) is 6.92 Å². The Bertz CT molecular complexity index is 475. The van der Waals surface area contributed by atoms with Gasteiger partial charge in [-0.25, -0.2) is 0 Å². The Morgan fingerprint density at radius 2 is 1.81 bits per heavy atom. The molecular weight excluding hydrogens is 266 g/mol. The minimum Gasteiger partial charge on any atom is -0.455 e. The number of aryl methyl sites for hydroxylation is 1. The maximum absolute atomic E-state index is 11.7. The van der Waals surface area contributed by atoms with Gasteiger partial charge in [0.1, 0.15) is 0 Å². The van der Waals surface area contributed by atoms with Gasteiger partial charge in [-0.15, -0.1) is 0 Å². The van der Waals surface area contributed by atoms with Gasteiger partial charge in [0.15, 0.2) is 6.61 Å². The molecule has 0 bridgehead atoms. The Kier molecular flexibility index (Phi) is 5.78. The van der Waals surface area contributed by atoms with Gasteiger partial charge in [-0.1, -0.05) is 49.1 Å². The second-order valence-corrected chi connectivity index (χ2v) is 5.73. The van der Waals surface area contributed by atoms with Crippen LogP contribution in [0.15, 0.2) is 24.3 Å². The van der Waals surface area contributed by atoms with Crippen LogP contribution in [0.1, 0.15) is 43.2 Å². The fourth-order valence-corrected chi connectivity index (χ4v) is 2.59. The number of rotatable bonds is 5. The summed E-state index contributed by atoms with van der Waals surface area (Å²) in [6.07, 6.45) is 5.84. The molecule has 4 heteroatoms. The van der Waals surface area contributed by atoms with E-state index in [0.29, 0.717) is 0 Å². The number of benzene rings is 1. The zero-order valence-electron chi connectivity index (χ0n) is 12.6.